The Labute approximate surface area is 176 Å². The monoisotopic (exact) mass is 416 g/mol. The maximum Gasteiger partial charge on any atom is 0.254 e. The summed E-state index contributed by atoms with van der Waals surface area (Å²) in [5.74, 6) is 0.957. The van der Waals surface area contributed by atoms with Crippen molar-refractivity contribution >= 4 is 17.5 Å². The minimum Gasteiger partial charge on any atom is -0.493 e. The lowest BCUT2D eigenvalue weighted by Crippen LogP contribution is -2.31. The highest BCUT2D eigenvalue weighted by Gasteiger charge is 2.27. The number of anilines is 1. The molecule has 8 heteroatoms. The van der Waals surface area contributed by atoms with Gasteiger partial charge in [0.2, 0.25) is 0 Å². The Kier molecular flexibility index (Phi) is 7.35. The van der Waals surface area contributed by atoms with E-state index in [1.807, 2.05) is 13.0 Å². The van der Waals surface area contributed by atoms with Gasteiger partial charge in [-0.05, 0) is 43.5 Å². The largest absolute Gasteiger partial charge is 0.493 e. The molecule has 0 aliphatic carbocycles. The number of benzene rings is 1. The van der Waals surface area contributed by atoms with Gasteiger partial charge >= 0.3 is 0 Å². The first-order valence-corrected chi connectivity index (χ1v) is 10.1. The highest BCUT2D eigenvalue weighted by atomic mass is 16.5. The standard InChI is InChI=1S/C22H28N2O6/c1-4-9-24(14-16-7-5-10-29-16)22(26)15-12-17(20(28-3)19(13-15)27-2)23-21(25)18-8-6-11-30-18/h5,7,10,12-13,18H,4,6,8-9,11,14H2,1-3H3,(H,23,25)/t18-/m1/s1. The van der Waals surface area contributed by atoms with Crippen molar-refractivity contribution in [3.05, 3.63) is 41.9 Å². The molecule has 2 heterocycles. The van der Waals surface area contributed by atoms with Gasteiger partial charge in [-0.2, -0.15) is 0 Å². The third-order valence-electron chi connectivity index (χ3n) is 4.91. The Balaban J connectivity index is 1.90. The lowest BCUT2D eigenvalue weighted by molar-refractivity contribution is -0.124. The minimum atomic E-state index is -0.504. The summed E-state index contributed by atoms with van der Waals surface area (Å²) in [5.41, 5.74) is 0.755. The van der Waals surface area contributed by atoms with Crippen LogP contribution in [0, 0.1) is 0 Å². The van der Waals surface area contributed by atoms with E-state index in [0.29, 0.717) is 54.6 Å². The predicted molar refractivity (Wildman–Crippen MR) is 111 cm³/mol. The third-order valence-corrected chi connectivity index (χ3v) is 4.91. The molecule has 0 bridgehead atoms. The molecule has 1 saturated heterocycles. The fourth-order valence-electron chi connectivity index (χ4n) is 3.47. The van der Waals surface area contributed by atoms with Crippen LogP contribution in [0.2, 0.25) is 0 Å². The van der Waals surface area contributed by atoms with Crippen LogP contribution in [-0.4, -0.2) is 50.2 Å². The molecule has 1 N–H and O–H groups in total. The Morgan fingerprint density at radius 1 is 1.27 bits per heavy atom. The van der Waals surface area contributed by atoms with Gasteiger partial charge in [-0.3, -0.25) is 9.59 Å². The number of ether oxygens (including phenoxy) is 3. The first-order valence-electron chi connectivity index (χ1n) is 10.1. The van der Waals surface area contributed by atoms with E-state index in [1.165, 1.54) is 14.2 Å². The van der Waals surface area contributed by atoms with Gasteiger partial charge in [-0.15, -0.1) is 0 Å². The molecule has 162 valence electrons. The molecule has 3 rings (SSSR count). The van der Waals surface area contributed by atoms with Crippen molar-refractivity contribution in [2.75, 3.05) is 32.7 Å². The number of nitrogens with zero attached hydrogens (tertiary/aromatic N) is 1. The summed E-state index contributed by atoms with van der Waals surface area (Å²) in [6.07, 6.45) is 3.38. The van der Waals surface area contributed by atoms with Gasteiger partial charge in [-0.1, -0.05) is 6.92 Å². The molecule has 0 spiro atoms. The van der Waals surface area contributed by atoms with Crippen molar-refractivity contribution in [2.45, 2.75) is 38.8 Å². The summed E-state index contributed by atoms with van der Waals surface area (Å²) >= 11 is 0. The minimum absolute atomic E-state index is 0.193. The van der Waals surface area contributed by atoms with Crippen molar-refractivity contribution in [2.24, 2.45) is 0 Å². The van der Waals surface area contributed by atoms with E-state index in [9.17, 15) is 9.59 Å². The Morgan fingerprint density at radius 2 is 2.10 bits per heavy atom. The maximum absolute atomic E-state index is 13.3. The summed E-state index contributed by atoms with van der Waals surface area (Å²) < 4.78 is 21.7. The van der Waals surface area contributed by atoms with Crippen LogP contribution in [0.15, 0.2) is 34.9 Å². The van der Waals surface area contributed by atoms with Crippen LogP contribution < -0.4 is 14.8 Å². The Hall–Kier alpha value is -3.00. The van der Waals surface area contributed by atoms with Crippen molar-refractivity contribution in [1.29, 1.82) is 0 Å². The van der Waals surface area contributed by atoms with E-state index < -0.39 is 6.10 Å². The molecule has 1 aliphatic rings. The predicted octanol–water partition coefficient (Wildman–Crippen LogP) is 3.47. The molecule has 30 heavy (non-hydrogen) atoms. The van der Waals surface area contributed by atoms with Gasteiger partial charge in [0.25, 0.3) is 11.8 Å². The summed E-state index contributed by atoms with van der Waals surface area (Å²) in [6, 6.07) is 6.85. The second kappa shape index (κ2) is 10.2. The first kappa shape index (κ1) is 21.7. The molecule has 1 aliphatic heterocycles. The zero-order valence-corrected chi connectivity index (χ0v) is 17.6. The number of hydrogen-bond acceptors (Lipinski definition) is 6. The summed E-state index contributed by atoms with van der Waals surface area (Å²) in [4.78, 5) is 27.5. The number of rotatable bonds is 9. The number of nitrogens with one attached hydrogen (secondary N) is 1. The third kappa shape index (κ3) is 4.94. The Morgan fingerprint density at radius 3 is 2.70 bits per heavy atom. The quantitative estimate of drug-likeness (QED) is 0.673. The molecule has 1 aromatic heterocycles. The molecule has 1 atom stereocenters. The van der Waals surface area contributed by atoms with E-state index in [-0.39, 0.29) is 11.8 Å². The molecular weight excluding hydrogens is 388 g/mol. The second-order valence-corrected chi connectivity index (χ2v) is 7.06. The highest BCUT2D eigenvalue weighted by Crippen LogP contribution is 2.37. The molecule has 1 fully saturated rings. The zero-order chi connectivity index (χ0) is 21.5. The van der Waals surface area contributed by atoms with Crippen molar-refractivity contribution in [1.82, 2.24) is 4.90 Å². The summed E-state index contributed by atoms with van der Waals surface area (Å²) in [5, 5.41) is 2.83. The number of amides is 2. The van der Waals surface area contributed by atoms with Crippen LogP contribution in [0.5, 0.6) is 11.5 Å². The normalized spacial score (nSPS) is 15.6. The lowest BCUT2D eigenvalue weighted by Gasteiger charge is -2.23. The van der Waals surface area contributed by atoms with Crippen molar-refractivity contribution < 1.29 is 28.2 Å². The van der Waals surface area contributed by atoms with Crippen LogP contribution in [0.4, 0.5) is 5.69 Å². The highest BCUT2D eigenvalue weighted by molar-refractivity contribution is 6.00. The molecule has 0 radical (unpaired) electrons. The van der Waals surface area contributed by atoms with E-state index in [2.05, 4.69) is 5.32 Å². The van der Waals surface area contributed by atoms with Gasteiger partial charge in [0.1, 0.15) is 11.9 Å². The SMILES string of the molecule is CCCN(Cc1ccco1)C(=O)c1cc(NC(=O)[C@H]2CCCO2)c(OC)c(OC)c1. The van der Waals surface area contributed by atoms with Crippen molar-refractivity contribution in [3.8, 4) is 11.5 Å². The molecule has 0 unspecified atom stereocenters. The Bertz CT molecular complexity index is 859. The average molecular weight is 416 g/mol. The average Bonchev–Trinajstić information content (AvgIpc) is 3.46. The topological polar surface area (TPSA) is 90.2 Å². The molecule has 0 saturated carbocycles. The first-order chi connectivity index (χ1) is 14.6. The summed E-state index contributed by atoms with van der Waals surface area (Å²) in [6.45, 7) is 3.48. The smallest absolute Gasteiger partial charge is 0.254 e. The van der Waals surface area contributed by atoms with Crippen molar-refractivity contribution in [3.63, 3.8) is 0 Å². The van der Waals surface area contributed by atoms with Crippen LogP contribution >= 0.6 is 0 Å². The maximum atomic E-state index is 13.3. The van der Waals surface area contributed by atoms with E-state index in [1.54, 1.807) is 29.4 Å². The number of hydrogen-bond donors (Lipinski definition) is 1. The van der Waals surface area contributed by atoms with E-state index in [0.717, 1.165) is 12.8 Å². The second-order valence-electron chi connectivity index (χ2n) is 7.06. The van der Waals surface area contributed by atoms with E-state index >= 15 is 0 Å². The number of methoxy groups -OCH3 is 2. The van der Waals surface area contributed by atoms with E-state index in [4.69, 9.17) is 18.6 Å². The molecule has 2 amide bonds. The molecular formula is C22H28N2O6. The molecule has 8 nitrogen and oxygen atoms in total. The van der Waals surface area contributed by atoms with Crippen LogP contribution in [0.25, 0.3) is 0 Å². The number of carbonyl (C=O) groups is 2. The summed E-state index contributed by atoms with van der Waals surface area (Å²) in [7, 11) is 2.98. The lowest BCUT2D eigenvalue weighted by atomic mass is 10.1. The van der Waals surface area contributed by atoms with Gasteiger partial charge in [0.15, 0.2) is 11.5 Å². The van der Waals surface area contributed by atoms with Crippen LogP contribution in [0.3, 0.4) is 0 Å². The van der Waals surface area contributed by atoms with Crippen LogP contribution in [-0.2, 0) is 16.1 Å². The zero-order valence-electron chi connectivity index (χ0n) is 17.6. The fourth-order valence-corrected chi connectivity index (χ4v) is 3.47. The number of furan rings is 1. The van der Waals surface area contributed by atoms with Gasteiger partial charge in [0, 0.05) is 18.7 Å². The number of carbonyl (C=O) groups excluding carboxylic acids is 2. The molecule has 2 aromatic rings. The van der Waals surface area contributed by atoms with Gasteiger partial charge in [-0.25, -0.2) is 0 Å². The fraction of sp³-hybridized carbons (Fsp3) is 0.455. The van der Waals surface area contributed by atoms with Gasteiger partial charge in [0.05, 0.1) is 32.7 Å². The van der Waals surface area contributed by atoms with Gasteiger partial charge < -0.3 is 28.8 Å². The van der Waals surface area contributed by atoms with Crippen LogP contribution in [0.1, 0.15) is 42.3 Å². The molecule has 1 aromatic carbocycles.